The van der Waals surface area contributed by atoms with Gasteiger partial charge in [0.1, 0.15) is 5.60 Å². The molecule has 1 aromatic carbocycles. The maximum atomic E-state index is 11.6. The van der Waals surface area contributed by atoms with E-state index in [0.717, 1.165) is 18.5 Å². The lowest BCUT2D eigenvalue weighted by Gasteiger charge is -2.19. The summed E-state index contributed by atoms with van der Waals surface area (Å²) in [5.74, 6) is 2.07. The largest absolute Gasteiger partial charge is 0.493 e. The molecule has 0 aromatic heterocycles. The minimum atomic E-state index is -0.492. The Bertz CT molecular complexity index is 642. The first-order chi connectivity index (χ1) is 13.3. The topological polar surface area (TPSA) is 93.2 Å². The maximum Gasteiger partial charge on any atom is 0.407 e. The summed E-state index contributed by atoms with van der Waals surface area (Å²) in [6, 6.07) is 5.72. The molecule has 0 unspecified atom stereocenters. The van der Waals surface area contributed by atoms with Crippen molar-refractivity contribution in [1.82, 2.24) is 16.0 Å². The van der Waals surface area contributed by atoms with E-state index in [1.165, 1.54) is 0 Å². The molecule has 1 rings (SSSR count). The Balaban J connectivity index is 2.52. The fraction of sp³-hybridized carbons (Fsp3) is 0.600. The second kappa shape index (κ2) is 11.9. The number of carbonyl (C=O) groups excluding carboxylic acids is 1. The summed E-state index contributed by atoms with van der Waals surface area (Å²) >= 11 is 0. The van der Waals surface area contributed by atoms with Gasteiger partial charge in [-0.05, 0) is 40.2 Å². The van der Waals surface area contributed by atoms with E-state index in [0.29, 0.717) is 37.1 Å². The number of alkyl carbamates (subject to hydrolysis) is 1. The summed E-state index contributed by atoms with van der Waals surface area (Å²) < 4.78 is 16.0. The second-order valence-electron chi connectivity index (χ2n) is 7.06. The van der Waals surface area contributed by atoms with Gasteiger partial charge in [0.25, 0.3) is 0 Å². The van der Waals surface area contributed by atoms with E-state index in [9.17, 15) is 4.79 Å². The molecule has 0 bridgehead atoms. The number of carbonyl (C=O) groups is 1. The van der Waals surface area contributed by atoms with Crippen LogP contribution in [0.5, 0.6) is 11.5 Å². The SMILES string of the molecule is CCNC(=NCc1cccc(OC)c1OC)NCCCNC(=O)OC(C)(C)C. The molecular formula is C20H34N4O4. The van der Waals surface area contributed by atoms with Crippen molar-refractivity contribution < 1.29 is 19.0 Å². The third-order valence-electron chi connectivity index (χ3n) is 3.55. The molecule has 0 saturated heterocycles. The fourth-order valence-corrected chi connectivity index (χ4v) is 2.38. The third-order valence-corrected chi connectivity index (χ3v) is 3.55. The smallest absolute Gasteiger partial charge is 0.407 e. The molecule has 0 atom stereocenters. The molecule has 8 heteroatoms. The average molecular weight is 395 g/mol. The maximum absolute atomic E-state index is 11.6. The van der Waals surface area contributed by atoms with E-state index in [4.69, 9.17) is 14.2 Å². The van der Waals surface area contributed by atoms with Gasteiger partial charge in [-0.25, -0.2) is 9.79 Å². The van der Waals surface area contributed by atoms with Crippen molar-refractivity contribution in [3.8, 4) is 11.5 Å². The Hall–Kier alpha value is -2.64. The van der Waals surface area contributed by atoms with E-state index in [-0.39, 0.29) is 0 Å². The number of hydrogen-bond donors (Lipinski definition) is 3. The standard InChI is InChI=1S/C20H34N4O4/c1-7-21-18(22-12-9-13-23-19(25)28-20(2,3)4)24-14-15-10-8-11-16(26-5)17(15)27-6/h8,10-11H,7,9,12-14H2,1-6H3,(H,23,25)(H2,21,22,24). The summed E-state index contributed by atoms with van der Waals surface area (Å²) in [6.07, 6.45) is 0.338. The van der Waals surface area contributed by atoms with Crippen LogP contribution in [0.4, 0.5) is 4.79 Å². The first-order valence-corrected chi connectivity index (χ1v) is 9.49. The minimum absolute atomic E-state index is 0.404. The number of guanidine groups is 1. The number of para-hydroxylation sites is 1. The lowest BCUT2D eigenvalue weighted by molar-refractivity contribution is 0.0527. The normalized spacial score (nSPS) is 11.6. The Morgan fingerprint density at radius 3 is 2.39 bits per heavy atom. The third kappa shape index (κ3) is 8.83. The van der Waals surface area contributed by atoms with Crippen LogP contribution in [-0.2, 0) is 11.3 Å². The lowest BCUT2D eigenvalue weighted by Crippen LogP contribution is -2.39. The zero-order valence-electron chi connectivity index (χ0n) is 17.8. The highest BCUT2D eigenvalue weighted by atomic mass is 16.6. The quantitative estimate of drug-likeness (QED) is 0.339. The van der Waals surface area contributed by atoms with Gasteiger partial charge >= 0.3 is 6.09 Å². The van der Waals surface area contributed by atoms with Crippen molar-refractivity contribution in [3.05, 3.63) is 23.8 Å². The van der Waals surface area contributed by atoms with Gasteiger partial charge in [0.15, 0.2) is 17.5 Å². The molecular weight excluding hydrogens is 360 g/mol. The van der Waals surface area contributed by atoms with Crippen molar-refractivity contribution in [2.24, 2.45) is 4.99 Å². The molecule has 0 heterocycles. The molecule has 0 fully saturated rings. The van der Waals surface area contributed by atoms with Gasteiger partial charge in [-0.1, -0.05) is 12.1 Å². The van der Waals surface area contributed by atoms with Crippen LogP contribution in [0.1, 0.15) is 39.7 Å². The molecule has 0 aliphatic carbocycles. The van der Waals surface area contributed by atoms with Gasteiger partial charge in [-0.3, -0.25) is 0 Å². The molecule has 1 amide bonds. The highest BCUT2D eigenvalue weighted by Gasteiger charge is 2.15. The number of methoxy groups -OCH3 is 2. The van der Waals surface area contributed by atoms with Crippen LogP contribution in [0, 0.1) is 0 Å². The second-order valence-corrected chi connectivity index (χ2v) is 7.06. The molecule has 158 valence electrons. The highest BCUT2D eigenvalue weighted by molar-refractivity contribution is 5.79. The molecule has 0 radical (unpaired) electrons. The summed E-state index contributed by atoms with van der Waals surface area (Å²) in [5, 5.41) is 9.20. The Morgan fingerprint density at radius 1 is 1.07 bits per heavy atom. The predicted molar refractivity (Wildman–Crippen MR) is 111 cm³/mol. The van der Waals surface area contributed by atoms with E-state index in [1.54, 1.807) is 14.2 Å². The molecule has 1 aromatic rings. The van der Waals surface area contributed by atoms with Gasteiger partial charge in [-0.15, -0.1) is 0 Å². The first-order valence-electron chi connectivity index (χ1n) is 9.49. The molecule has 28 heavy (non-hydrogen) atoms. The zero-order valence-corrected chi connectivity index (χ0v) is 17.8. The molecule has 0 aliphatic rings. The predicted octanol–water partition coefficient (Wildman–Crippen LogP) is 2.67. The number of rotatable bonds is 9. The summed E-state index contributed by atoms with van der Waals surface area (Å²) in [4.78, 5) is 16.2. The van der Waals surface area contributed by atoms with E-state index in [2.05, 4.69) is 20.9 Å². The van der Waals surface area contributed by atoms with Gasteiger partial charge in [-0.2, -0.15) is 0 Å². The minimum Gasteiger partial charge on any atom is -0.493 e. The molecule has 8 nitrogen and oxygen atoms in total. The first kappa shape index (κ1) is 23.4. The van der Waals surface area contributed by atoms with Gasteiger partial charge in [0.05, 0.1) is 20.8 Å². The van der Waals surface area contributed by atoms with Crippen molar-refractivity contribution in [3.63, 3.8) is 0 Å². The summed E-state index contributed by atoms with van der Waals surface area (Å²) in [6.45, 7) is 9.90. The van der Waals surface area contributed by atoms with Crippen LogP contribution >= 0.6 is 0 Å². The van der Waals surface area contributed by atoms with Gasteiger partial charge in [0, 0.05) is 25.2 Å². The van der Waals surface area contributed by atoms with Crippen LogP contribution in [-0.4, -0.2) is 51.5 Å². The van der Waals surface area contributed by atoms with Crippen LogP contribution in [0.15, 0.2) is 23.2 Å². The van der Waals surface area contributed by atoms with Crippen molar-refractivity contribution in [1.29, 1.82) is 0 Å². The van der Waals surface area contributed by atoms with Gasteiger partial charge in [0.2, 0.25) is 0 Å². The number of ether oxygens (including phenoxy) is 3. The van der Waals surface area contributed by atoms with E-state index < -0.39 is 11.7 Å². The van der Waals surface area contributed by atoms with Crippen molar-refractivity contribution >= 4 is 12.1 Å². The van der Waals surface area contributed by atoms with Crippen LogP contribution in [0.25, 0.3) is 0 Å². The number of amides is 1. The van der Waals surface area contributed by atoms with Gasteiger partial charge < -0.3 is 30.2 Å². The van der Waals surface area contributed by atoms with Crippen molar-refractivity contribution in [2.75, 3.05) is 33.9 Å². The Morgan fingerprint density at radius 2 is 1.79 bits per heavy atom. The molecule has 0 aliphatic heterocycles. The Kier molecular flexibility index (Phi) is 9.98. The molecule has 0 saturated carbocycles. The van der Waals surface area contributed by atoms with E-state index >= 15 is 0 Å². The Labute approximate surface area is 168 Å². The molecule has 0 spiro atoms. The average Bonchev–Trinajstić information content (AvgIpc) is 2.63. The number of aliphatic imine (C=N–C) groups is 1. The summed E-state index contributed by atoms with van der Waals surface area (Å²) in [5.41, 5.74) is 0.444. The highest BCUT2D eigenvalue weighted by Crippen LogP contribution is 2.30. The monoisotopic (exact) mass is 394 g/mol. The number of benzene rings is 1. The number of nitrogens with one attached hydrogen (secondary N) is 3. The molecule has 3 N–H and O–H groups in total. The van der Waals surface area contributed by atoms with Crippen LogP contribution in [0.2, 0.25) is 0 Å². The summed E-state index contributed by atoms with van der Waals surface area (Å²) in [7, 11) is 3.23. The lowest BCUT2D eigenvalue weighted by atomic mass is 10.2. The zero-order chi connectivity index (χ0) is 21.0. The van der Waals surface area contributed by atoms with Crippen LogP contribution < -0.4 is 25.4 Å². The van der Waals surface area contributed by atoms with Crippen LogP contribution in [0.3, 0.4) is 0 Å². The fourth-order valence-electron chi connectivity index (χ4n) is 2.38. The number of hydrogen-bond acceptors (Lipinski definition) is 5. The van der Waals surface area contributed by atoms with Crippen molar-refractivity contribution in [2.45, 2.75) is 46.3 Å². The number of nitrogens with zero attached hydrogens (tertiary/aromatic N) is 1. The van der Waals surface area contributed by atoms with E-state index in [1.807, 2.05) is 45.9 Å².